The fourth-order valence-corrected chi connectivity index (χ4v) is 4.03. The first kappa shape index (κ1) is 17.9. The van der Waals surface area contributed by atoms with Crippen LogP contribution in [0.1, 0.15) is 34.6 Å². The van der Waals surface area contributed by atoms with Crippen LogP contribution in [0.15, 0.2) is 53.9 Å². The molecule has 0 saturated carbocycles. The summed E-state index contributed by atoms with van der Waals surface area (Å²) < 4.78 is 5.18. The van der Waals surface area contributed by atoms with E-state index in [9.17, 15) is 19.2 Å². The summed E-state index contributed by atoms with van der Waals surface area (Å²) in [4.78, 5) is 52.7. The molecule has 7 nitrogen and oxygen atoms in total. The molecule has 142 valence electrons. The third-order valence-corrected chi connectivity index (χ3v) is 5.03. The molecule has 0 bridgehead atoms. The number of nitrogens with zero attached hydrogens (tertiary/aromatic N) is 1. The molecule has 1 aromatic rings. The zero-order chi connectivity index (χ0) is 20.0. The molecular weight excluding hydrogens is 360 g/mol. The van der Waals surface area contributed by atoms with Gasteiger partial charge < -0.3 is 15.0 Å². The maximum absolute atomic E-state index is 13.5. The van der Waals surface area contributed by atoms with Crippen molar-refractivity contribution in [3.8, 4) is 0 Å². The lowest BCUT2D eigenvalue weighted by molar-refractivity contribution is -0.139. The van der Waals surface area contributed by atoms with Gasteiger partial charge in [0.2, 0.25) is 5.91 Å². The average molecular weight is 378 g/mol. The number of benzene rings is 1. The second-order valence-corrected chi connectivity index (χ2v) is 6.69. The number of fused-ring (bicyclic) bond motifs is 4. The highest BCUT2D eigenvalue weighted by Gasteiger charge is 2.54. The van der Waals surface area contributed by atoms with E-state index in [2.05, 4.69) is 5.32 Å². The zero-order valence-corrected chi connectivity index (χ0v) is 15.4. The molecule has 1 amide bonds. The quantitative estimate of drug-likeness (QED) is 0.811. The maximum Gasteiger partial charge on any atom is 0.336 e. The van der Waals surface area contributed by atoms with E-state index < -0.39 is 17.9 Å². The van der Waals surface area contributed by atoms with Crippen molar-refractivity contribution >= 4 is 29.1 Å². The summed E-state index contributed by atoms with van der Waals surface area (Å²) in [5.41, 5.74) is 1.32. The van der Waals surface area contributed by atoms with Crippen molar-refractivity contribution in [3.63, 3.8) is 0 Å². The average Bonchev–Trinajstić information content (AvgIpc) is 3.01. The van der Waals surface area contributed by atoms with Gasteiger partial charge in [0.15, 0.2) is 11.6 Å². The minimum atomic E-state index is -0.989. The minimum absolute atomic E-state index is 0.138. The van der Waals surface area contributed by atoms with E-state index in [0.29, 0.717) is 5.70 Å². The van der Waals surface area contributed by atoms with Gasteiger partial charge in [-0.25, -0.2) is 4.79 Å². The second kappa shape index (κ2) is 6.60. The number of allylic oxidation sites excluding steroid dienone is 3. The van der Waals surface area contributed by atoms with Crippen LogP contribution in [0, 0.1) is 5.92 Å². The Morgan fingerprint density at radius 2 is 1.96 bits per heavy atom. The van der Waals surface area contributed by atoms with Gasteiger partial charge in [-0.3, -0.25) is 14.4 Å². The Morgan fingerprint density at radius 1 is 1.18 bits per heavy atom. The van der Waals surface area contributed by atoms with Crippen LogP contribution in [0.3, 0.4) is 0 Å². The fraction of sp³-hybridized carbons (Fsp3) is 0.238. The number of carbonyl (C=O) groups excluding carboxylic acids is 4. The van der Waals surface area contributed by atoms with Gasteiger partial charge in [-0.1, -0.05) is 18.2 Å². The molecule has 1 aromatic carbocycles. The standard InChI is InChI=1S/C21H18N2O5/c1-3-28-21(27)16-14-9-4-5-10-23(14)18-17(16)20(26)15-12(19(18)25)7-6-8-13(15)22-11(2)24/h4-10,17-18H,3H2,1-2H3,(H,22,24). The second-order valence-electron chi connectivity index (χ2n) is 6.69. The summed E-state index contributed by atoms with van der Waals surface area (Å²) in [6, 6.07) is 3.92. The van der Waals surface area contributed by atoms with Crippen molar-refractivity contribution in [2.75, 3.05) is 11.9 Å². The summed E-state index contributed by atoms with van der Waals surface area (Å²) in [6.45, 7) is 3.17. The normalized spacial score (nSPS) is 22.0. The lowest BCUT2D eigenvalue weighted by atomic mass is 9.75. The van der Waals surface area contributed by atoms with Crippen LogP contribution in [0.25, 0.3) is 0 Å². The Bertz CT molecular complexity index is 1020. The maximum atomic E-state index is 13.5. The fourth-order valence-electron chi connectivity index (χ4n) is 4.03. The molecule has 7 heteroatoms. The van der Waals surface area contributed by atoms with Gasteiger partial charge in [0, 0.05) is 18.7 Å². The van der Waals surface area contributed by atoms with Crippen LogP contribution < -0.4 is 5.32 Å². The van der Waals surface area contributed by atoms with Gasteiger partial charge in [-0.15, -0.1) is 0 Å². The molecule has 4 rings (SSSR count). The number of amides is 1. The third kappa shape index (κ3) is 2.51. The molecule has 2 unspecified atom stereocenters. The monoisotopic (exact) mass is 378 g/mol. The minimum Gasteiger partial charge on any atom is -0.463 e. The number of rotatable bonds is 3. The van der Waals surface area contributed by atoms with Crippen molar-refractivity contribution in [2.24, 2.45) is 5.92 Å². The Morgan fingerprint density at radius 3 is 2.68 bits per heavy atom. The number of hydrogen-bond acceptors (Lipinski definition) is 6. The summed E-state index contributed by atoms with van der Waals surface area (Å²) in [5, 5.41) is 2.61. The van der Waals surface area contributed by atoms with Crippen LogP contribution >= 0.6 is 0 Å². The predicted octanol–water partition coefficient (Wildman–Crippen LogP) is 2.23. The van der Waals surface area contributed by atoms with Crippen LogP contribution in [-0.2, 0) is 14.3 Å². The van der Waals surface area contributed by atoms with E-state index in [1.54, 1.807) is 54.5 Å². The lowest BCUT2D eigenvalue weighted by Crippen LogP contribution is -2.46. The molecule has 0 spiro atoms. The number of esters is 1. The van der Waals surface area contributed by atoms with Gasteiger partial charge in [0.05, 0.1) is 35.0 Å². The number of anilines is 1. The molecule has 2 atom stereocenters. The van der Waals surface area contributed by atoms with Gasteiger partial charge >= 0.3 is 5.97 Å². The summed E-state index contributed by atoms with van der Waals surface area (Å²) in [7, 11) is 0. The highest BCUT2D eigenvalue weighted by molar-refractivity contribution is 6.24. The molecule has 0 fully saturated rings. The van der Waals surface area contributed by atoms with E-state index in [1.165, 1.54) is 6.92 Å². The van der Waals surface area contributed by atoms with Crippen molar-refractivity contribution in [3.05, 3.63) is 65.0 Å². The zero-order valence-electron chi connectivity index (χ0n) is 15.4. The van der Waals surface area contributed by atoms with E-state index in [0.717, 1.165) is 0 Å². The Hall–Kier alpha value is -3.48. The molecule has 0 saturated heterocycles. The molecular formula is C21H18N2O5. The molecule has 3 aliphatic rings. The van der Waals surface area contributed by atoms with Crippen LogP contribution in [0.5, 0.6) is 0 Å². The van der Waals surface area contributed by atoms with Gasteiger partial charge in [0.25, 0.3) is 0 Å². The largest absolute Gasteiger partial charge is 0.463 e. The van der Waals surface area contributed by atoms with Crippen molar-refractivity contribution in [1.82, 2.24) is 4.90 Å². The molecule has 0 aromatic heterocycles. The topological polar surface area (TPSA) is 92.8 Å². The first-order valence-corrected chi connectivity index (χ1v) is 8.99. The molecule has 1 N–H and O–H groups in total. The third-order valence-electron chi connectivity index (χ3n) is 5.03. The number of ketones is 2. The smallest absolute Gasteiger partial charge is 0.336 e. The molecule has 1 aliphatic carbocycles. The van der Waals surface area contributed by atoms with E-state index >= 15 is 0 Å². The molecule has 28 heavy (non-hydrogen) atoms. The van der Waals surface area contributed by atoms with Gasteiger partial charge in [0.1, 0.15) is 6.04 Å². The number of carbonyl (C=O) groups is 4. The van der Waals surface area contributed by atoms with Gasteiger partial charge in [-0.05, 0) is 25.1 Å². The van der Waals surface area contributed by atoms with Crippen LogP contribution in [0.2, 0.25) is 0 Å². The lowest BCUT2D eigenvalue weighted by Gasteiger charge is -2.32. The van der Waals surface area contributed by atoms with Crippen molar-refractivity contribution in [2.45, 2.75) is 19.9 Å². The van der Waals surface area contributed by atoms with Gasteiger partial charge in [-0.2, -0.15) is 0 Å². The first-order chi connectivity index (χ1) is 13.5. The molecule has 2 aliphatic heterocycles. The number of ether oxygens (including phenoxy) is 1. The van der Waals surface area contributed by atoms with E-state index in [1.807, 2.05) is 0 Å². The van der Waals surface area contributed by atoms with Crippen molar-refractivity contribution < 1.29 is 23.9 Å². The highest BCUT2D eigenvalue weighted by atomic mass is 16.5. The summed E-state index contributed by atoms with van der Waals surface area (Å²) >= 11 is 0. The number of Topliss-reactive ketones (excluding diaryl/α,β-unsaturated/α-hetero) is 2. The molecule has 0 radical (unpaired) electrons. The van der Waals surface area contributed by atoms with E-state index in [4.69, 9.17) is 4.74 Å². The van der Waals surface area contributed by atoms with Crippen LogP contribution in [-0.4, -0.2) is 41.0 Å². The Labute approximate surface area is 161 Å². The Kier molecular flexibility index (Phi) is 4.22. The first-order valence-electron chi connectivity index (χ1n) is 8.99. The predicted molar refractivity (Wildman–Crippen MR) is 100 cm³/mol. The van der Waals surface area contributed by atoms with E-state index in [-0.39, 0.29) is 46.5 Å². The SMILES string of the molecule is CCOC(=O)C1=C2C=CC=CN2C2C(=O)c3cccc(NC(C)=O)c3C(=O)C12. The number of hydrogen-bond donors (Lipinski definition) is 1. The summed E-state index contributed by atoms with van der Waals surface area (Å²) in [6.07, 6.45) is 6.88. The Balaban J connectivity index is 1.91. The van der Waals surface area contributed by atoms with Crippen molar-refractivity contribution in [1.29, 1.82) is 0 Å². The highest BCUT2D eigenvalue weighted by Crippen LogP contribution is 2.45. The number of nitrogens with one attached hydrogen (secondary N) is 1. The van der Waals surface area contributed by atoms with Crippen LogP contribution in [0.4, 0.5) is 5.69 Å². The molecule has 2 heterocycles. The summed E-state index contributed by atoms with van der Waals surface area (Å²) in [5.74, 6) is -2.61.